The molecule has 4 atom stereocenters. The standard InChI is InChI=1S/C33H51NO3/c1-32(2,3)27-12-15-29(16-13-27)37-30-14-11-25-21-24(9-10-26(25)22-30)23-34-19-17-33(18-20-34,31(35)36)28-7-5-4-6-8-28/h4-8,24-27,29-30H,9-23H2,1-3H3,(H,35,36). The van der Waals surface area contributed by atoms with Crippen LogP contribution in [0.4, 0.5) is 0 Å². The van der Waals surface area contributed by atoms with Crippen LogP contribution in [0.1, 0.15) is 103 Å². The maximum absolute atomic E-state index is 12.3. The smallest absolute Gasteiger partial charge is 0.314 e. The van der Waals surface area contributed by atoms with E-state index in [0.29, 0.717) is 17.6 Å². The predicted octanol–water partition coefficient (Wildman–Crippen LogP) is 7.31. The van der Waals surface area contributed by atoms with Crippen LogP contribution in [0.3, 0.4) is 0 Å². The third-order valence-electron chi connectivity index (χ3n) is 10.9. The van der Waals surface area contributed by atoms with Crippen LogP contribution in [0.15, 0.2) is 30.3 Å². The van der Waals surface area contributed by atoms with Gasteiger partial charge in [-0.25, -0.2) is 0 Å². The van der Waals surface area contributed by atoms with Gasteiger partial charge in [-0.1, -0.05) is 51.1 Å². The van der Waals surface area contributed by atoms with Crippen LogP contribution >= 0.6 is 0 Å². The van der Waals surface area contributed by atoms with E-state index in [1.807, 2.05) is 30.3 Å². The zero-order chi connectivity index (χ0) is 26.0. The molecule has 4 nitrogen and oxygen atoms in total. The molecule has 5 rings (SSSR count). The first-order valence-corrected chi connectivity index (χ1v) is 15.4. The molecule has 3 aliphatic carbocycles. The van der Waals surface area contributed by atoms with Gasteiger partial charge >= 0.3 is 5.97 Å². The second-order valence-electron chi connectivity index (χ2n) is 14.2. The number of hydrogen-bond donors (Lipinski definition) is 1. The van der Waals surface area contributed by atoms with Crippen molar-refractivity contribution in [2.24, 2.45) is 29.1 Å². The molecule has 0 radical (unpaired) electrons. The van der Waals surface area contributed by atoms with Crippen LogP contribution in [-0.4, -0.2) is 47.8 Å². The number of carbonyl (C=O) groups is 1. The number of carboxylic acid groups (broad SMARTS) is 1. The van der Waals surface area contributed by atoms with Gasteiger partial charge in [0.15, 0.2) is 0 Å². The van der Waals surface area contributed by atoms with Crippen molar-refractivity contribution in [3.05, 3.63) is 35.9 Å². The van der Waals surface area contributed by atoms with Gasteiger partial charge < -0.3 is 14.7 Å². The summed E-state index contributed by atoms with van der Waals surface area (Å²) < 4.78 is 6.71. The largest absolute Gasteiger partial charge is 0.481 e. The molecule has 1 aliphatic heterocycles. The van der Waals surface area contributed by atoms with Gasteiger partial charge in [-0.2, -0.15) is 0 Å². The molecule has 1 N–H and O–H groups in total. The lowest BCUT2D eigenvalue weighted by molar-refractivity contribution is -0.146. The van der Waals surface area contributed by atoms with E-state index in [9.17, 15) is 9.90 Å². The van der Waals surface area contributed by atoms with Crippen LogP contribution in [0.25, 0.3) is 0 Å². The van der Waals surface area contributed by atoms with Crippen molar-refractivity contribution in [2.45, 2.75) is 115 Å². The van der Waals surface area contributed by atoms with Crippen molar-refractivity contribution in [2.75, 3.05) is 19.6 Å². The van der Waals surface area contributed by atoms with Crippen LogP contribution < -0.4 is 0 Å². The molecule has 4 heteroatoms. The van der Waals surface area contributed by atoms with Gasteiger partial charge in [-0.15, -0.1) is 0 Å². The highest BCUT2D eigenvalue weighted by molar-refractivity contribution is 5.81. The third-order valence-corrected chi connectivity index (χ3v) is 10.9. The number of rotatable bonds is 6. The first-order chi connectivity index (χ1) is 17.7. The SMILES string of the molecule is CC(C)(C)C1CCC(OC2CCC3CC(CN4CCC(C(=O)O)(c5ccccc5)CC4)CCC3C2)CC1. The highest BCUT2D eigenvalue weighted by Gasteiger charge is 2.44. The number of likely N-dealkylation sites (tertiary alicyclic amines) is 1. The number of ether oxygens (including phenoxy) is 1. The molecular formula is C33H51NO3. The molecule has 1 saturated heterocycles. The summed E-state index contributed by atoms with van der Waals surface area (Å²) in [5, 5.41) is 10.1. The van der Waals surface area contributed by atoms with E-state index < -0.39 is 11.4 Å². The monoisotopic (exact) mass is 509 g/mol. The van der Waals surface area contributed by atoms with Gasteiger partial charge in [-0.3, -0.25) is 4.79 Å². The van der Waals surface area contributed by atoms with E-state index >= 15 is 0 Å². The van der Waals surface area contributed by atoms with Crippen molar-refractivity contribution in [3.63, 3.8) is 0 Å². The summed E-state index contributed by atoms with van der Waals surface area (Å²) in [4.78, 5) is 14.9. The number of aliphatic carboxylic acids is 1. The van der Waals surface area contributed by atoms with Crippen molar-refractivity contribution in [1.29, 1.82) is 0 Å². The Morgan fingerprint density at radius 1 is 0.892 bits per heavy atom. The highest BCUT2D eigenvalue weighted by Crippen LogP contribution is 2.46. The van der Waals surface area contributed by atoms with Crippen molar-refractivity contribution in [1.82, 2.24) is 4.90 Å². The molecule has 206 valence electrons. The first-order valence-electron chi connectivity index (χ1n) is 15.4. The molecule has 4 unspecified atom stereocenters. The van der Waals surface area contributed by atoms with E-state index in [-0.39, 0.29) is 0 Å². The fourth-order valence-electron chi connectivity index (χ4n) is 8.44. The van der Waals surface area contributed by atoms with Crippen molar-refractivity contribution < 1.29 is 14.6 Å². The summed E-state index contributed by atoms with van der Waals surface area (Å²) in [6.07, 6.45) is 15.6. The van der Waals surface area contributed by atoms with Gasteiger partial charge in [0.05, 0.1) is 17.6 Å². The summed E-state index contributed by atoms with van der Waals surface area (Å²) >= 11 is 0. The Hall–Kier alpha value is -1.39. The molecule has 0 bridgehead atoms. The van der Waals surface area contributed by atoms with Gasteiger partial charge in [0.1, 0.15) is 0 Å². The molecule has 3 saturated carbocycles. The number of hydrogen-bond acceptors (Lipinski definition) is 3. The predicted molar refractivity (Wildman–Crippen MR) is 150 cm³/mol. The lowest BCUT2D eigenvalue weighted by Crippen LogP contribution is -2.49. The normalized spacial score (nSPS) is 35.0. The maximum atomic E-state index is 12.3. The van der Waals surface area contributed by atoms with Crippen molar-refractivity contribution in [3.8, 4) is 0 Å². The Balaban J connectivity index is 1.06. The molecule has 0 spiro atoms. The molecule has 0 aromatic heterocycles. The summed E-state index contributed by atoms with van der Waals surface area (Å²) in [5.41, 5.74) is 0.709. The van der Waals surface area contributed by atoms with E-state index in [2.05, 4.69) is 25.7 Å². The average molecular weight is 510 g/mol. The minimum Gasteiger partial charge on any atom is -0.481 e. The molecule has 1 heterocycles. The van der Waals surface area contributed by atoms with E-state index in [0.717, 1.165) is 61.7 Å². The van der Waals surface area contributed by atoms with Gasteiger partial charge in [0.2, 0.25) is 0 Å². The second kappa shape index (κ2) is 11.4. The lowest BCUT2D eigenvalue weighted by Gasteiger charge is -2.45. The van der Waals surface area contributed by atoms with Crippen LogP contribution in [-0.2, 0) is 14.9 Å². The van der Waals surface area contributed by atoms with E-state index in [4.69, 9.17) is 4.74 Å². The van der Waals surface area contributed by atoms with Gasteiger partial charge in [0, 0.05) is 6.54 Å². The fourth-order valence-corrected chi connectivity index (χ4v) is 8.44. The zero-order valence-corrected chi connectivity index (χ0v) is 23.7. The Labute approximate surface area is 225 Å². The summed E-state index contributed by atoms with van der Waals surface area (Å²) in [6.45, 7) is 10.2. The number of carboxylic acids is 1. The molecular weight excluding hydrogens is 458 g/mol. The molecule has 4 aliphatic rings. The Morgan fingerprint density at radius 3 is 2.16 bits per heavy atom. The van der Waals surface area contributed by atoms with Crippen LogP contribution in [0.2, 0.25) is 0 Å². The quantitative estimate of drug-likeness (QED) is 0.437. The number of benzene rings is 1. The Bertz CT molecular complexity index is 877. The van der Waals surface area contributed by atoms with Crippen LogP contribution in [0, 0.1) is 29.1 Å². The average Bonchev–Trinajstić information content (AvgIpc) is 2.89. The zero-order valence-electron chi connectivity index (χ0n) is 23.7. The van der Waals surface area contributed by atoms with Crippen LogP contribution in [0.5, 0.6) is 0 Å². The fraction of sp³-hybridized carbons (Fsp3) is 0.788. The number of fused-ring (bicyclic) bond motifs is 1. The molecule has 1 aromatic carbocycles. The summed E-state index contributed by atoms with van der Waals surface area (Å²) in [7, 11) is 0. The van der Waals surface area contributed by atoms with E-state index in [1.165, 1.54) is 64.2 Å². The number of piperidine rings is 1. The molecule has 0 amide bonds. The Morgan fingerprint density at radius 2 is 1.51 bits per heavy atom. The molecule has 37 heavy (non-hydrogen) atoms. The molecule has 4 fully saturated rings. The lowest BCUT2D eigenvalue weighted by atomic mass is 9.66. The molecule has 1 aromatic rings. The van der Waals surface area contributed by atoms with E-state index in [1.54, 1.807) is 0 Å². The second-order valence-corrected chi connectivity index (χ2v) is 14.2. The van der Waals surface area contributed by atoms with Gasteiger partial charge in [0.25, 0.3) is 0 Å². The number of nitrogens with zero attached hydrogens (tertiary/aromatic N) is 1. The third kappa shape index (κ3) is 6.27. The summed E-state index contributed by atoms with van der Waals surface area (Å²) in [5.74, 6) is 2.72. The van der Waals surface area contributed by atoms with Gasteiger partial charge in [-0.05, 0) is 125 Å². The van der Waals surface area contributed by atoms with Crippen molar-refractivity contribution >= 4 is 5.97 Å². The first kappa shape index (κ1) is 27.2. The minimum absolute atomic E-state index is 0.442. The Kier molecular flexibility index (Phi) is 8.36. The minimum atomic E-state index is -0.709. The maximum Gasteiger partial charge on any atom is 0.314 e. The summed E-state index contributed by atoms with van der Waals surface area (Å²) in [6, 6.07) is 9.93. The topological polar surface area (TPSA) is 49.8 Å². The highest BCUT2D eigenvalue weighted by atomic mass is 16.5.